The molecular weight excluding hydrogens is 534 g/mol. The maximum absolute atomic E-state index is 17.5. The number of hydrogen-bond acceptors (Lipinski definition) is 6. The quantitative estimate of drug-likeness (QED) is 0.412. The maximum atomic E-state index is 17.5. The second-order valence-electron chi connectivity index (χ2n) is 15.1. The first kappa shape index (κ1) is 28.8. The molecule has 9 heteroatoms. The number of carbonyl (C=O) groups excluding carboxylic acids is 2. The Hall–Kier alpha value is -2.29. The van der Waals surface area contributed by atoms with Crippen LogP contribution in [0.5, 0.6) is 0 Å². The average molecular weight is 577 g/mol. The molecule has 12 atom stereocenters. The number of carboxylic acids is 1. The number of halogens is 2. The molecule has 0 radical (unpaired) electrons. The highest BCUT2D eigenvalue weighted by molar-refractivity contribution is 6.01. The zero-order chi connectivity index (χ0) is 30.1. The van der Waals surface area contributed by atoms with Crippen molar-refractivity contribution in [2.24, 2.45) is 45.3 Å². The van der Waals surface area contributed by atoms with E-state index >= 15 is 8.78 Å². The molecule has 7 nitrogen and oxygen atoms in total. The van der Waals surface area contributed by atoms with Gasteiger partial charge in [0.25, 0.3) is 0 Å². The van der Waals surface area contributed by atoms with Crippen molar-refractivity contribution in [3.8, 4) is 0 Å². The molecule has 0 aromatic rings. The number of hydrogen-bond donors (Lipinski definition) is 2. The molecule has 2 N–H and O–H groups in total. The van der Waals surface area contributed by atoms with Crippen molar-refractivity contribution >= 4 is 17.9 Å². The number of alkyl halides is 2. The number of carboxylic acid groups (broad SMARTS) is 1. The van der Waals surface area contributed by atoms with Gasteiger partial charge in [0.05, 0.1) is 6.10 Å². The van der Waals surface area contributed by atoms with E-state index in [1.807, 2.05) is 0 Å². The summed E-state index contributed by atoms with van der Waals surface area (Å²) in [6.45, 7) is 11.2. The largest absolute Gasteiger partial charge is 0.509 e. The topological polar surface area (TPSA) is 110 Å². The van der Waals surface area contributed by atoms with Gasteiger partial charge in [0.15, 0.2) is 11.5 Å². The number of ketones is 1. The summed E-state index contributed by atoms with van der Waals surface area (Å²) < 4.78 is 45.0. The normalized spacial score (nSPS) is 52.8. The second kappa shape index (κ2) is 8.42. The molecule has 5 saturated carbocycles. The first-order valence-electron chi connectivity index (χ1n) is 15.0. The molecule has 226 valence electrons. The van der Waals surface area contributed by atoms with Crippen LogP contribution in [0.25, 0.3) is 0 Å². The van der Waals surface area contributed by atoms with Crippen molar-refractivity contribution in [2.45, 2.75) is 110 Å². The molecule has 5 fully saturated rings. The third kappa shape index (κ3) is 3.19. The third-order valence-electron chi connectivity index (χ3n) is 13.7. The minimum Gasteiger partial charge on any atom is -0.478 e. The van der Waals surface area contributed by atoms with Gasteiger partial charge >= 0.3 is 12.1 Å². The zero-order valence-electron chi connectivity index (χ0n) is 24.7. The Bertz CT molecular complexity index is 1280. The van der Waals surface area contributed by atoms with Gasteiger partial charge in [0.1, 0.15) is 12.3 Å². The molecule has 0 aromatic heterocycles. The second-order valence-corrected chi connectivity index (χ2v) is 15.1. The lowest BCUT2D eigenvalue weighted by Gasteiger charge is -2.62. The Morgan fingerprint density at radius 2 is 1.73 bits per heavy atom. The maximum Gasteiger partial charge on any atom is 0.509 e. The lowest BCUT2D eigenvalue weighted by atomic mass is 9.44. The van der Waals surface area contributed by atoms with Crippen molar-refractivity contribution < 1.29 is 42.9 Å². The highest BCUT2D eigenvalue weighted by Gasteiger charge is 2.79. The lowest BCUT2D eigenvalue weighted by molar-refractivity contribution is -0.232. The first-order chi connectivity index (χ1) is 18.9. The van der Waals surface area contributed by atoms with Crippen LogP contribution >= 0.6 is 0 Å². The predicted molar refractivity (Wildman–Crippen MR) is 144 cm³/mol. The van der Waals surface area contributed by atoms with Crippen LogP contribution < -0.4 is 0 Å². The number of fused-ring (bicyclic) bond motifs is 7. The minimum atomic E-state index is -2.35. The zero-order valence-corrected chi connectivity index (χ0v) is 24.7. The van der Waals surface area contributed by atoms with Crippen molar-refractivity contribution in [3.05, 3.63) is 23.8 Å². The summed E-state index contributed by atoms with van der Waals surface area (Å²) in [4.78, 5) is 38.7. The minimum absolute atomic E-state index is 0.00375. The van der Waals surface area contributed by atoms with Gasteiger partial charge in [-0.25, -0.2) is 18.4 Å². The number of aliphatic hydroxyl groups is 1. The summed E-state index contributed by atoms with van der Waals surface area (Å²) in [6.07, 6.45) is 1.04. The standard InChI is InChI=1S/C32H42F2O7/c1-16-11-19-20-14-22(33)21-13-18(35)8-10-28(21,4)31(20,34)23(36)15-30(19,6)32(16,25(37)38)41-26(39)40-24-12-17-7-9-29(24,5)27(17,2)3/h8,10,13,16-17,19-20,22-24,36H,7,9,11-12,14-15H2,1-6H3,(H,37,38)/t16-,17-,19+,20+,22+,23+,24+,28+,29+,30+,31+,32+/m1/s1. The highest BCUT2D eigenvalue weighted by atomic mass is 19.1. The number of carbonyl (C=O) groups is 3. The molecule has 6 aliphatic rings. The Morgan fingerprint density at radius 3 is 2.32 bits per heavy atom. The highest BCUT2D eigenvalue weighted by Crippen LogP contribution is 2.72. The fourth-order valence-electron chi connectivity index (χ4n) is 10.8. The van der Waals surface area contributed by atoms with Crippen LogP contribution in [0.1, 0.15) is 80.1 Å². The molecule has 0 aliphatic heterocycles. The van der Waals surface area contributed by atoms with E-state index in [0.717, 1.165) is 18.9 Å². The molecule has 0 saturated heterocycles. The van der Waals surface area contributed by atoms with Gasteiger partial charge in [-0.1, -0.05) is 40.7 Å². The monoisotopic (exact) mass is 576 g/mol. The van der Waals surface area contributed by atoms with Gasteiger partial charge in [0, 0.05) is 28.1 Å². The van der Waals surface area contributed by atoms with Gasteiger partial charge in [-0.3, -0.25) is 4.79 Å². The van der Waals surface area contributed by atoms with Crippen LogP contribution in [0.3, 0.4) is 0 Å². The smallest absolute Gasteiger partial charge is 0.478 e. The van der Waals surface area contributed by atoms with E-state index < -0.39 is 76.1 Å². The molecule has 6 aliphatic carbocycles. The molecule has 41 heavy (non-hydrogen) atoms. The van der Waals surface area contributed by atoms with Crippen LogP contribution in [0.2, 0.25) is 0 Å². The van der Waals surface area contributed by atoms with E-state index in [9.17, 15) is 24.6 Å². The van der Waals surface area contributed by atoms with Gasteiger partial charge in [-0.2, -0.15) is 0 Å². The average Bonchev–Trinajstić information content (AvgIpc) is 3.32. The number of rotatable bonds is 3. The van der Waals surface area contributed by atoms with E-state index in [4.69, 9.17) is 9.47 Å². The summed E-state index contributed by atoms with van der Waals surface area (Å²) in [5.41, 5.74) is -7.73. The van der Waals surface area contributed by atoms with E-state index in [1.54, 1.807) is 13.8 Å². The van der Waals surface area contributed by atoms with E-state index in [0.29, 0.717) is 12.3 Å². The van der Waals surface area contributed by atoms with Gasteiger partial charge in [-0.15, -0.1) is 0 Å². The van der Waals surface area contributed by atoms with Gasteiger partial charge in [0.2, 0.25) is 5.60 Å². The fraction of sp³-hybridized carbons (Fsp3) is 0.781. The third-order valence-corrected chi connectivity index (χ3v) is 13.7. The van der Waals surface area contributed by atoms with Gasteiger partial charge < -0.3 is 19.7 Å². The Balaban J connectivity index is 1.35. The van der Waals surface area contributed by atoms with E-state index in [-0.39, 0.29) is 35.7 Å². The number of ether oxygens (including phenoxy) is 2. The molecule has 0 spiro atoms. The van der Waals surface area contributed by atoms with Crippen molar-refractivity contribution in [2.75, 3.05) is 0 Å². The van der Waals surface area contributed by atoms with Crippen LogP contribution in [-0.4, -0.2) is 57.8 Å². The molecule has 0 aromatic carbocycles. The summed E-state index contributed by atoms with van der Waals surface area (Å²) in [7, 11) is 0. The first-order valence-corrected chi connectivity index (χ1v) is 15.0. The number of aliphatic hydroxyl groups excluding tert-OH is 1. The van der Waals surface area contributed by atoms with Crippen molar-refractivity contribution in [3.63, 3.8) is 0 Å². The molecule has 0 unspecified atom stereocenters. The van der Waals surface area contributed by atoms with Crippen LogP contribution in [-0.2, 0) is 19.1 Å². The molecule has 0 heterocycles. The molecule has 2 bridgehead atoms. The SMILES string of the molecule is C[C@@H]1C[C@H]2[C@@H]3C[C@H](F)C4=CC(=O)C=C[C@]4(C)[C@@]3(F)[C@@H](O)C[C@]2(C)[C@@]1(OC(=O)O[C@H]1C[C@H]2CC[C@]1(C)C2(C)C)C(=O)O. The van der Waals surface area contributed by atoms with Crippen LogP contribution in [0, 0.1) is 45.3 Å². The summed E-state index contributed by atoms with van der Waals surface area (Å²) in [5, 5.41) is 22.3. The van der Waals surface area contributed by atoms with Crippen molar-refractivity contribution in [1.29, 1.82) is 0 Å². The Kier molecular flexibility index (Phi) is 5.91. The lowest BCUT2D eigenvalue weighted by Crippen LogP contribution is -2.71. The van der Waals surface area contributed by atoms with Crippen LogP contribution in [0.15, 0.2) is 23.8 Å². The number of allylic oxidation sites excluding steroid dienone is 4. The summed E-state index contributed by atoms with van der Waals surface area (Å²) in [6, 6.07) is 0. The molecule has 6 rings (SSSR count). The number of aliphatic carboxylic acids is 1. The van der Waals surface area contributed by atoms with Crippen LogP contribution in [0.4, 0.5) is 13.6 Å². The molecule has 0 amide bonds. The van der Waals surface area contributed by atoms with Crippen molar-refractivity contribution in [1.82, 2.24) is 0 Å². The molecular formula is C32H42F2O7. The predicted octanol–water partition coefficient (Wildman–Crippen LogP) is 5.74. The Labute approximate surface area is 239 Å². The van der Waals surface area contributed by atoms with E-state index in [2.05, 4.69) is 20.8 Å². The van der Waals surface area contributed by atoms with E-state index in [1.165, 1.54) is 19.1 Å². The van der Waals surface area contributed by atoms with Gasteiger partial charge in [-0.05, 0) is 80.4 Å². The summed E-state index contributed by atoms with van der Waals surface area (Å²) >= 11 is 0. The fourth-order valence-corrected chi connectivity index (χ4v) is 10.8. The summed E-state index contributed by atoms with van der Waals surface area (Å²) in [5.74, 6) is -3.96. The Morgan fingerprint density at radius 1 is 1.05 bits per heavy atom.